The van der Waals surface area contributed by atoms with Crippen molar-refractivity contribution in [3.63, 3.8) is 0 Å². The summed E-state index contributed by atoms with van der Waals surface area (Å²) in [6.45, 7) is -3.39. The molecule has 6 N–H and O–H groups in total. The van der Waals surface area contributed by atoms with Crippen molar-refractivity contribution in [2.45, 2.75) is 57.7 Å². The van der Waals surface area contributed by atoms with Gasteiger partial charge in [0.15, 0.2) is 0 Å². The van der Waals surface area contributed by atoms with Gasteiger partial charge in [0, 0.05) is 40.0 Å². The quantitative estimate of drug-likeness (QED) is 0.0953. The maximum Gasteiger partial charge on any atom is 0.405 e. The molecule has 252 valence electrons. The molecule has 0 bridgehead atoms. The van der Waals surface area contributed by atoms with Gasteiger partial charge in [0.1, 0.15) is 17.7 Å². The first-order valence-corrected chi connectivity index (χ1v) is 14.5. The number of alkyl halides is 5. The smallest absolute Gasteiger partial charge is 0.405 e. The SMILES string of the molecule is CC(C)(C(NC(=O)O)C(=O)NN(Cc1c(F)cc(-c2ccn(C(F)F)n2)cc1F)CC(O)C(N)Cc1ccc(I)cc1)C(F)(F)F. The summed E-state index contributed by atoms with van der Waals surface area (Å²) in [4.78, 5) is 24.5. The van der Waals surface area contributed by atoms with E-state index in [1.54, 1.807) is 24.3 Å². The number of nitrogens with zero attached hydrogens (tertiary/aromatic N) is 3. The van der Waals surface area contributed by atoms with Crippen LogP contribution in [-0.2, 0) is 17.8 Å². The average molecular weight is 774 g/mol. The molecule has 2 aromatic carbocycles. The third-order valence-electron chi connectivity index (χ3n) is 7.13. The Morgan fingerprint density at radius 1 is 1.09 bits per heavy atom. The highest BCUT2D eigenvalue weighted by Crippen LogP contribution is 2.40. The number of amides is 2. The Labute approximate surface area is 271 Å². The monoisotopic (exact) mass is 774 g/mol. The minimum absolute atomic E-state index is 0.104. The van der Waals surface area contributed by atoms with E-state index in [-0.39, 0.29) is 22.4 Å². The summed E-state index contributed by atoms with van der Waals surface area (Å²) in [7, 11) is 0. The lowest BCUT2D eigenvalue weighted by Gasteiger charge is -2.36. The Balaban J connectivity index is 1.94. The van der Waals surface area contributed by atoms with Gasteiger partial charge in [-0.15, -0.1) is 0 Å². The van der Waals surface area contributed by atoms with Crippen molar-refractivity contribution < 1.29 is 50.5 Å². The molecule has 0 saturated carbocycles. The van der Waals surface area contributed by atoms with Crippen LogP contribution < -0.4 is 16.5 Å². The molecule has 0 fully saturated rings. The first-order valence-electron chi connectivity index (χ1n) is 13.4. The number of aliphatic hydroxyl groups is 1. The van der Waals surface area contributed by atoms with Crippen molar-refractivity contribution in [3.05, 3.63) is 75.0 Å². The zero-order valence-corrected chi connectivity index (χ0v) is 26.4. The van der Waals surface area contributed by atoms with E-state index in [9.17, 15) is 36.6 Å². The number of nitrogens with one attached hydrogen (secondary N) is 2. The topological polar surface area (TPSA) is 146 Å². The first-order chi connectivity index (χ1) is 21.3. The molecule has 0 radical (unpaired) electrons. The molecular weight excluding hydrogens is 744 g/mol. The second kappa shape index (κ2) is 14.9. The lowest BCUT2D eigenvalue weighted by atomic mass is 9.83. The lowest BCUT2D eigenvalue weighted by Crippen LogP contribution is -2.62. The standard InChI is InChI=1S/C28H30F7IN6O4/c1-27(2,28(33,34)35)23(38-26(45)46)24(44)40-41(13-22(43)20(37)9-14-3-5-16(36)6-4-14)12-17-18(29)10-15(11-19(17)30)21-7-8-42(39-21)25(31)32/h3-8,10-11,20,22-23,25,38,43H,9,12-13,37H2,1-2H3,(H,40,44)(H,45,46). The third kappa shape index (κ3) is 9.29. The van der Waals surface area contributed by atoms with Gasteiger partial charge < -0.3 is 21.3 Å². The van der Waals surface area contributed by atoms with E-state index < -0.39 is 78.6 Å². The van der Waals surface area contributed by atoms with Crippen LogP contribution in [0.2, 0.25) is 0 Å². The fraction of sp³-hybridized carbons (Fsp3) is 0.393. The van der Waals surface area contributed by atoms with Gasteiger partial charge in [0.25, 0.3) is 5.91 Å². The summed E-state index contributed by atoms with van der Waals surface area (Å²) in [5.74, 6) is -4.03. The van der Waals surface area contributed by atoms with Crippen molar-refractivity contribution in [1.29, 1.82) is 0 Å². The Morgan fingerprint density at radius 3 is 2.17 bits per heavy atom. The Hall–Kier alpha value is -3.49. The molecule has 3 unspecified atom stereocenters. The van der Waals surface area contributed by atoms with Crippen molar-refractivity contribution in [2.75, 3.05) is 6.54 Å². The molecule has 0 aliphatic carbocycles. The highest BCUT2D eigenvalue weighted by Gasteiger charge is 2.55. The van der Waals surface area contributed by atoms with E-state index in [2.05, 4.69) is 27.7 Å². The second-order valence-electron chi connectivity index (χ2n) is 10.9. The summed E-state index contributed by atoms with van der Waals surface area (Å²) in [6, 6.07) is 6.23. The summed E-state index contributed by atoms with van der Waals surface area (Å²) < 4.78 is 99.0. The van der Waals surface area contributed by atoms with Crippen molar-refractivity contribution in [1.82, 2.24) is 25.5 Å². The number of aliphatic hydroxyl groups excluding tert-OH is 1. The van der Waals surface area contributed by atoms with Crippen LogP contribution in [0.5, 0.6) is 0 Å². The fourth-order valence-corrected chi connectivity index (χ4v) is 4.67. The molecule has 18 heteroatoms. The number of carbonyl (C=O) groups is 2. The van der Waals surface area contributed by atoms with Crippen LogP contribution in [0, 0.1) is 20.6 Å². The molecule has 0 saturated heterocycles. The number of hydrogen-bond acceptors (Lipinski definition) is 6. The number of rotatable bonds is 13. The Kier molecular flexibility index (Phi) is 12.0. The van der Waals surface area contributed by atoms with Crippen LogP contribution in [0.15, 0.2) is 48.7 Å². The van der Waals surface area contributed by atoms with Gasteiger partial charge >= 0.3 is 18.8 Å². The van der Waals surface area contributed by atoms with E-state index in [4.69, 9.17) is 10.8 Å². The summed E-state index contributed by atoms with van der Waals surface area (Å²) in [5, 5.41) is 25.8. The predicted octanol–water partition coefficient (Wildman–Crippen LogP) is 4.82. The van der Waals surface area contributed by atoms with Gasteiger partial charge in [0.05, 0.1) is 17.2 Å². The number of hydrogen-bond donors (Lipinski definition) is 5. The van der Waals surface area contributed by atoms with E-state index in [0.717, 1.165) is 28.0 Å². The Morgan fingerprint density at radius 2 is 1.67 bits per heavy atom. The maximum atomic E-state index is 15.3. The van der Waals surface area contributed by atoms with Crippen LogP contribution in [0.25, 0.3) is 11.3 Å². The zero-order chi connectivity index (χ0) is 34.6. The highest BCUT2D eigenvalue weighted by molar-refractivity contribution is 14.1. The lowest BCUT2D eigenvalue weighted by molar-refractivity contribution is -0.221. The predicted molar refractivity (Wildman–Crippen MR) is 159 cm³/mol. The first kappa shape index (κ1) is 37.0. The van der Waals surface area contributed by atoms with E-state index in [1.807, 2.05) is 5.43 Å². The largest absolute Gasteiger partial charge is 0.465 e. The molecule has 0 aliphatic rings. The summed E-state index contributed by atoms with van der Waals surface area (Å²) >= 11 is 2.08. The minimum atomic E-state index is -5.08. The van der Waals surface area contributed by atoms with Gasteiger partial charge in [-0.05, 0) is 78.8 Å². The van der Waals surface area contributed by atoms with Crippen LogP contribution in [-0.4, -0.2) is 67.9 Å². The van der Waals surface area contributed by atoms with Crippen LogP contribution in [0.4, 0.5) is 35.5 Å². The summed E-state index contributed by atoms with van der Waals surface area (Å²) in [6.07, 6.45) is -7.56. The molecule has 3 aromatic rings. The number of nitrogens with two attached hydrogens (primary N) is 1. The molecule has 3 rings (SSSR count). The van der Waals surface area contributed by atoms with Gasteiger partial charge in [0.2, 0.25) is 0 Å². The molecule has 46 heavy (non-hydrogen) atoms. The third-order valence-corrected chi connectivity index (χ3v) is 7.85. The summed E-state index contributed by atoms with van der Waals surface area (Å²) in [5.41, 5.74) is 4.80. The normalized spacial score (nSPS) is 14.3. The van der Waals surface area contributed by atoms with Gasteiger partial charge in [-0.25, -0.2) is 23.3 Å². The van der Waals surface area contributed by atoms with Crippen molar-refractivity contribution in [2.24, 2.45) is 11.1 Å². The molecule has 2 amide bonds. The van der Waals surface area contributed by atoms with Gasteiger partial charge in [-0.1, -0.05) is 12.1 Å². The van der Waals surface area contributed by atoms with E-state index >= 15 is 8.78 Å². The molecule has 10 nitrogen and oxygen atoms in total. The Bertz CT molecular complexity index is 1500. The number of aromatic nitrogens is 2. The molecule has 0 aliphatic heterocycles. The number of hydrazine groups is 1. The van der Waals surface area contributed by atoms with E-state index in [1.165, 1.54) is 5.32 Å². The molecule has 3 atom stereocenters. The van der Waals surface area contributed by atoms with E-state index in [0.29, 0.717) is 24.4 Å². The van der Waals surface area contributed by atoms with Crippen molar-refractivity contribution >= 4 is 34.6 Å². The van der Waals surface area contributed by atoms with Gasteiger partial charge in [-0.2, -0.15) is 27.1 Å². The van der Waals surface area contributed by atoms with Gasteiger partial charge in [-0.3, -0.25) is 10.2 Å². The molecule has 1 aromatic heterocycles. The molecule has 0 spiro atoms. The highest BCUT2D eigenvalue weighted by atomic mass is 127. The van der Waals surface area contributed by atoms with Crippen LogP contribution in [0.3, 0.4) is 0 Å². The zero-order valence-electron chi connectivity index (χ0n) is 24.2. The number of carbonyl (C=O) groups excluding carboxylic acids is 1. The molecular formula is C28H30F7IN6O4. The maximum absolute atomic E-state index is 15.3. The second-order valence-corrected chi connectivity index (χ2v) is 12.1. The van der Waals surface area contributed by atoms with Crippen molar-refractivity contribution in [3.8, 4) is 11.3 Å². The van der Waals surface area contributed by atoms with Crippen LogP contribution in [0.1, 0.15) is 31.5 Å². The average Bonchev–Trinajstić information content (AvgIpc) is 3.45. The minimum Gasteiger partial charge on any atom is -0.465 e. The number of carboxylic acid groups (broad SMARTS) is 1. The number of benzene rings is 2. The number of halogens is 8. The van der Waals surface area contributed by atoms with Crippen LogP contribution >= 0.6 is 22.6 Å². The fourth-order valence-electron chi connectivity index (χ4n) is 4.31. The molecule has 1 heterocycles.